The van der Waals surface area contributed by atoms with Crippen LogP contribution in [0.4, 0.5) is 0 Å². The van der Waals surface area contributed by atoms with Gasteiger partial charge in [-0.15, -0.1) is 0 Å². The summed E-state index contributed by atoms with van der Waals surface area (Å²) in [5.41, 5.74) is -0.198. The number of epoxide rings is 1. The van der Waals surface area contributed by atoms with Crippen LogP contribution in [-0.4, -0.2) is 61.0 Å². The minimum atomic E-state index is -0.340. The van der Waals surface area contributed by atoms with Gasteiger partial charge >= 0.3 is 5.97 Å². The van der Waals surface area contributed by atoms with Gasteiger partial charge in [-0.25, -0.2) is 0 Å². The molecule has 0 radical (unpaired) electrons. The zero-order chi connectivity index (χ0) is 15.7. The highest BCUT2D eigenvalue weighted by Gasteiger charge is 2.68. The Kier molecular flexibility index (Phi) is 3.17. The summed E-state index contributed by atoms with van der Waals surface area (Å²) >= 11 is 0. The first-order chi connectivity index (χ1) is 10.4. The molecule has 2 saturated heterocycles. The van der Waals surface area contributed by atoms with E-state index in [4.69, 9.17) is 9.47 Å². The average molecular weight is 309 g/mol. The normalized spacial score (nSPS) is 53.3. The summed E-state index contributed by atoms with van der Waals surface area (Å²) in [4.78, 5) is 14.4. The van der Waals surface area contributed by atoms with Crippen molar-refractivity contribution in [3.05, 3.63) is 0 Å². The molecule has 0 amide bonds. The van der Waals surface area contributed by atoms with Crippen molar-refractivity contribution in [2.75, 3.05) is 27.2 Å². The van der Waals surface area contributed by atoms with E-state index >= 15 is 0 Å². The molecule has 4 fully saturated rings. The lowest BCUT2D eigenvalue weighted by atomic mass is 9.52. The van der Waals surface area contributed by atoms with Gasteiger partial charge in [0.15, 0.2) is 0 Å². The molecule has 4 aliphatic rings. The number of carbonyl (C=O) groups excluding carboxylic acids is 1. The largest absolute Gasteiger partial charge is 0.462 e. The highest BCUT2D eigenvalue weighted by atomic mass is 16.6. The van der Waals surface area contributed by atoms with Crippen molar-refractivity contribution in [1.29, 1.82) is 0 Å². The van der Waals surface area contributed by atoms with E-state index < -0.39 is 0 Å². The Morgan fingerprint density at radius 2 is 2.14 bits per heavy atom. The number of fused-ring (bicyclic) bond motifs is 3. The van der Waals surface area contributed by atoms with Crippen LogP contribution < -0.4 is 0 Å². The van der Waals surface area contributed by atoms with Gasteiger partial charge in [-0.1, -0.05) is 6.92 Å². The molecular formula is C17H27NO4. The van der Waals surface area contributed by atoms with Crippen molar-refractivity contribution < 1.29 is 19.4 Å². The van der Waals surface area contributed by atoms with Crippen molar-refractivity contribution >= 4 is 5.97 Å². The number of nitrogens with zero attached hydrogens (tertiary/aromatic N) is 1. The second-order valence-corrected chi connectivity index (χ2v) is 8.45. The molecule has 1 N–H and O–H groups in total. The summed E-state index contributed by atoms with van der Waals surface area (Å²) in [6.07, 6.45) is 3.40. The summed E-state index contributed by atoms with van der Waals surface area (Å²) in [5.74, 6) is 0.570. The van der Waals surface area contributed by atoms with E-state index in [1.807, 2.05) is 14.1 Å². The zero-order valence-corrected chi connectivity index (χ0v) is 13.7. The van der Waals surface area contributed by atoms with Crippen LogP contribution in [0.25, 0.3) is 0 Å². The van der Waals surface area contributed by atoms with E-state index in [-0.39, 0.29) is 41.0 Å². The predicted octanol–water partition coefficient (Wildman–Crippen LogP) is 1.05. The standard InChI is InChI=1S/C17H27NO4/c1-16-5-4-14(19)17(9-21-17)13(16)6-10-11(8-18(2)3)15(20)22-12(10)7-16/h10-14,19H,4-9H2,1-3H3/t10-,11?,12-,13-,14-,16-,17+/m1/s1. The number of aliphatic hydroxyl groups is 1. The summed E-state index contributed by atoms with van der Waals surface area (Å²) in [7, 11) is 4.01. The molecule has 5 heteroatoms. The highest BCUT2D eigenvalue weighted by molar-refractivity contribution is 5.75. The molecule has 2 saturated carbocycles. The van der Waals surface area contributed by atoms with Crippen LogP contribution in [0.15, 0.2) is 0 Å². The maximum absolute atomic E-state index is 12.3. The Morgan fingerprint density at radius 3 is 2.77 bits per heavy atom. The van der Waals surface area contributed by atoms with Gasteiger partial charge < -0.3 is 19.5 Å². The van der Waals surface area contributed by atoms with Crippen molar-refractivity contribution in [2.24, 2.45) is 23.2 Å². The predicted molar refractivity (Wildman–Crippen MR) is 80.2 cm³/mol. The van der Waals surface area contributed by atoms with Gasteiger partial charge in [0, 0.05) is 12.5 Å². The van der Waals surface area contributed by atoms with Gasteiger partial charge in [0.2, 0.25) is 0 Å². The van der Waals surface area contributed by atoms with E-state index in [1.54, 1.807) is 0 Å². The Balaban J connectivity index is 1.61. The molecule has 1 spiro atoms. The smallest absolute Gasteiger partial charge is 0.310 e. The van der Waals surface area contributed by atoms with Gasteiger partial charge in [0.05, 0.1) is 18.6 Å². The zero-order valence-electron chi connectivity index (χ0n) is 13.7. The Morgan fingerprint density at radius 1 is 1.41 bits per heavy atom. The van der Waals surface area contributed by atoms with Crippen LogP contribution >= 0.6 is 0 Å². The third-order valence-electron chi connectivity index (χ3n) is 6.76. The molecule has 2 heterocycles. The lowest BCUT2D eigenvalue weighted by Crippen LogP contribution is -2.56. The lowest BCUT2D eigenvalue weighted by molar-refractivity contribution is -0.149. The fourth-order valence-corrected chi connectivity index (χ4v) is 5.51. The highest BCUT2D eigenvalue weighted by Crippen LogP contribution is 2.62. The number of hydrogen-bond acceptors (Lipinski definition) is 5. The van der Waals surface area contributed by atoms with E-state index in [1.165, 1.54) is 0 Å². The van der Waals surface area contributed by atoms with Gasteiger partial charge in [-0.05, 0) is 51.1 Å². The van der Waals surface area contributed by atoms with Gasteiger partial charge in [0.1, 0.15) is 11.7 Å². The van der Waals surface area contributed by atoms with Crippen molar-refractivity contribution in [3.8, 4) is 0 Å². The number of rotatable bonds is 2. The first-order valence-electron chi connectivity index (χ1n) is 8.53. The molecule has 0 bridgehead atoms. The monoisotopic (exact) mass is 309 g/mol. The molecule has 124 valence electrons. The SMILES string of the molecule is CN(C)CC1C(=O)O[C@@H]2C[C@@]3(C)CC[C@@H](O)[C@]4(CO4)[C@@H]3C[C@H]12. The topological polar surface area (TPSA) is 62.3 Å². The molecule has 2 aliphatic heterocycles. The second-order valence-electron chi connectivity index (χ2n) is 8.45. The molecule has 2 aliphatic carbocycles. The van der Waals surface area contributed by atoms with Gasteiger partial charge in [0.25, 0.3) is 0 Å². The van der Waals surface area contributed by atoms with Crippen LogP contribution in [0.1, 0.15) is 32.6 Å². The Hall–Kier alpha value is -0.650. The maximum atomic E-state index is 12.3. The second kappa shape index (κ2) is 4.68. The molecule has 7 atom stereocenters. The first-order valence-corrected chi connectivity index (χ1v) is 8.53. The summed E-state index contributed by atoms with van der Waals surface area (Å²) in [6, 6.07) is 0. The van der Waals surface area contributed by atoms with Gasteiger partial charge in [-0.2, -0.15) is 0 Å². The van der Waals surface area contributed by atoms with Crippen LogP contribution in [-0.2, 0) is 14.3 Å². The minimum absolute atomic E-state index is 0.0283. The number of carbonyl (C=O) groups is 1. The van der Waals surface area contributed by atoms with E-state index in [2.05, 4.69) is 11.8 Å². The Labute approximate surface area is 131 Å². The molecule has 5 nitrogen and oxygen atoms in total. The van der Waals surface area contributed by atoms with Gasteiger partial charge in [-0.3, -0.25) is 4.79 Å². The van der Waals surface area contributed by atoms with Crippen molar-refractivity contribution in [2.45, 2.75) is 50.4 Å². The summed E-state index contributed by atoms with van der Waals surface area (Å²) < 4.78 is 11.5. The van der Waals surface area contributed by atoms with Crippen molar-refractivity contribution in [1.82, 2.24) is 4.90 Å². The van der Waals surface area contributed by atoms with E-state index in [0.717, 1.165) is 32.2 Å². The molecular weight excluding hydrogens is 282 g/mol. The Bertz CT molecular complexity index is 489. The first kappa shape index (κ1) is 14.9. The fraction of sp³-hybridized carbons (Fsp3) is 0.941. The number of ether oxygens (including phenoxy) is 2. The molecule has 1 unspecified atom stereocenters. The van der Waals surface area contributed by atoms with E-state index in [9.17, 15) is 9.90 Å². The number of aliphatic hydroxyl groups excluding tert-OH is 1. The molecule has 22 heavy (non-hydrogen) atoms. The number of esters is 1. The third kappa shape index (κ3) is 1.98. The lowest BCUT2D eigenvalue weighted by Gasteiger charge is -2.53. The minimum Gasteiger partial charge on any atom is -0.462 e. The summed E-state index contributed by atoms with van der Waals surface area (Å²) in [6.45, 7) is 3.73. The fourth-order valence-electron chi connectivity index (χ4n) is 5.51. The van der Waals surface area contributed by atoms with Crippen LogP contribution in [0.3, 0.4) is 0 Å². The van der Waals surface area contributed by atoms with Crippen molar-refractivity contribution in [3.63, 3.8) is 0 Å². The maximum Gasteiger partial charge on any atom is 0.310 e. The molecule has 0 aromatic carbocycles. The summed E-state index contributed by atoms with van der Waals surface area (Å²) in [5, 5.41) is 10.4. The van der Waals surface area contributed by atoms with Crippen LogP contribution in [0, 0.1) is 23.2 Å². The molecule has 0 aromatic heterocycles. The third-order valence-corrected chi connectivity index (χ3v) is 6.76. The quantitative estimate of drug-likeness (QED) is 0.610. The average Bonchev–Trinajstić information content (AvgIpc) is 3.17. The van der Waals surface area contributed by atoms with Crippen LogP contribution in [0.2, 0.25) is 0 Å². The van der Waals surface area contributed by atoms with Crippen LogP contribution in [0.5, 0.6) is 0 Å². The molecule has 4 rings (SSSR count). The molecule has 0 aromatic rings. The van der Waals surface area contributed by atoms with E-state index in [0.29, 0.717) is 12.5 Å². The number of hydrogen-bond donors (Lipinski definition) is 1.